The third-order valence-electron chi connectivity index (χ3n) is 5.44. The van der Waals surface area contributed by atoms with Crippen LogP contribution in [0.3, 0.4) is 0 Å². The molecule has 158 valence electrons. The second-order valence-corrected chi connectivity index (χ2v) is 8.09. The number of benzene rings is 1. The van der Waals surface area contributed by atoms with Crippen LogP contribution in [-0.2, 0) is 16.0 Å². The van der Waals surface area contributed by atoms with E-state index in [1.54, 1.807) is 12.1 Å². The quantitative estimate of drug-likeness (QED) is 0.598. The van der Waals surface area contributed by atoms with E-state index in [-0.39, 0.29) is 30.2 Å². The lowest BCUT2D eigenvalue weighted by Crippen LogP contribution is -2.32. The Kier molecular flexibility index (Phi) is 5.72. The zero-order chi connectivity index (χ0) is 21.3. The van der Waals surface area contributed by atoms with Gasteiger partial charge in [0.05, 0.1) is 23.9 Å². The van der Waals surface area contributed by atoms with Crippen molar-refractivity contribution in [3.8, 4) is 17.1 Å². The second kappa shape index (κ2) is 8.44. The van der Waals surface area contributed by atoms with Crippen molar-refractivity contribution >= 4 is 5.97 Å². The van der Waals surface area contributed by atoms with Crippen molar-refractivity contribution in [3.63, 3.8) is 0 Å². The normalized spacial score (nSPS) is 19.3. The molecule has 2 aromatic heterocycles. The van der Waals surface area contributed by atoms with Gasteiger partial charge >= 0.3 is 5.97 Å². The number of H-pyrrole nitrogens is 1. The monoisotopic (exact) mass is 411 g/mol. The average molecular weight is 411 g/mol. The van der Waals surface area contributed by atoms with E-state index in [2.05, 4.69) is 18.8 Å². The van der Waals surface area contributed by atoms with Crippen molar-refractivity contribution in [2.75, 3.05) is 0 Å². The van der Waals surface area contributed by atoms with Crippen molar-refractivity contribution in [1.29, 1.82) is 0 Å². The molecule has 1 aliphatic heterocycles. The lowest BCUT2D eigenvalue weighted by molar-refractivity contribution is -0.160. The Morgan fingerprint density at radius 2 is 2.07 bits per heavy atom. The van der Waals surface area contributed by atoms with Crippen molar-refractivity contribution in [2.45, 2.75) is 57.7 Å². The molecular weight excluding hydrogens is 385 g/mol. The van der Waals surface area contributed by atoms with Gasteiger partial charge in [-0.2, -0.15) is 5.10 Å². The summed E-state index contributed by atoms with van der Waals surface area (Å²) in [5.74, 6) is 0.346. The van der Waals surface area contributed by atoms with Gasteiger partial charge in [0.2, 0.25) is 0 Å². The number of ether oxygens (including phenoxy) is 1. The number of hydrogen-bond acceptors (Lipinski definition) is 4. The maximum Gasteiger partial charge on any atom is 0.308 e. The molecule has 0 bridgehead atoms. The van der Waals surface area contributed by atoms with E-state index < -0.39 is 6.10 Å². The molecule has 2 N–H and O–H groups in total. The fourth-order valence-corrected chi connectivity index (χ4v) is 4.05. The molecule has 1 aliphatic rings. The molecule has 6 nitrogen and oxygen atoms in total. The van der Waals surface area contributed by atoms with Gasteiger partial charge in [-0.25, -0.2) is 9.07 Å². The fourth-order valence-electron chi connectivity index (χ4n) is 4.05. The highest BCUT2D eigenvalue weighted by molar-refractivity contribution is 5.71. The number of cyclic esters (lactones) is 1. The number of halogens is 1. The first kappa shape index (κ1) is 20.3. The molecule has 0 radical (unpaired) electrons. The van der Waals surface area contributed by atoms with Crippen LogP contribution in [0, 0.1) is 5.82 Å². The first-order chi connectivity index (χ1) is 14.4. The third-order valence-corrected chi connectivity index (χ3v) is 5.44. The lowest BCUT2D eigenvalue weighted by Gasteiger charge is -2.26. The molecule has 0 spiro atoms. The van der Waals surface area contributed by atoms with Gasteiger partial charge in [0.15, 0.2) is 0 Å². The summed E-state index contributed by atoms with van der Waals surface area (Å²) in [6.45, 7) is 4.17. The standard InChI is InChI=1S/C23H26FN3O3/c1-14(2)22-19(10-9-18-12-17(28)13-21(29)30-18)23(15-5-7-16(24)8-6-15)27(26-22)20-4-3-11-25-20/h3-8,11,14,17-18,25,28H,9-10,12-13H2,1-2H3/t17-,18-/m0/s1. The minimum atomic E-state index is -0.654. The van der Waals surface area contributed by atoms with Gasteiger partial charge in [0, 0.05) is 23.7 Å². The van der Waals surface area contributed by atoms with Crippen molar-refractivity contribution in [3.05, 3.63) is 59.7 Å². The Morgan fingerprint density at radius 3 is 2.70 bits per heavy atom. The molecular formula is C23H26FN3O3. The van der Waals surface area contributed by atoms with E-state index in [9.17, 15) is 14.3 Å². The number of aromatic amines is 1. The molecule has 1 fully saturated rings. The second-order valence-electron chi connectivity index (χ2n) is 8.09. The maximum absolute atomic E-state index is 13.6. The molecule has 7 heteroatoms. The fraction of sp³-hybridized carbons (Fsp3) is 0.391. The Labute approximate surface area is 174 Å². The lowest BCUT2D eigenvalue weighted by atomic mass is 9.93. The SMILES string of the molecule is CC(C)c1nn(-c2ccc[nH]2)c(-c2ccc(F)cc2)c1CC[C@H]1C[C@H](O)CC(=O)O1. The van der Waals surface area contributed by atoms with Crippen molar-refractivity contribution < 1.29 is 19.0 Å². The Morgan fingerprint density at radius 1 is 1.30 bits per heavy atom. The highest BCUT2D eigenvalue weighted by atomic mass is 19.1. The molecule has 1 aromatic carbocycles. The summed E-state index contributed by atoms with van der Waals surface area (Å²) in [6, 6.07) is 10.2. The minimum Gasteiger partial charge on any atom is -0.462 e. The van der Waals surface area contributed by atoms with Crippen LogP contribution < -0.4 is 0 Å². The van der Waals surface area contributed by atoms with Crippen LogP contribution in [0.1, 0.15) is 50.3 Å². The summed E-state index contributed by atoms with van der Waals surface area (Å²) in [7, 11) is 0. The van der Waals surface area contributed by atoms with E-state index in [1.807, 2.05) is 23.0 Å². The predicted molar refractivity (Wildman–Crippen MR) is 111 cm³/mol. The van der Waals surface area contributed by atoms with Crippen molar-refractivity contribution in [1.82, 2.24) is 14.8 Å². The zero-order valence-corrected chi connectivity index (χ0v) is 17.1. The number of rotatable bonds is 6. The van der Waals surface area contributed by atoms with E-state index in [0.717, 1.165) is 28.3 Å². The third kappa shape index (κ3) is 4.16. The van der Waals surface area contributed by atoms with Gasteiger partial charge in [-0.3, -0.25) is 4.79 Å². The topological polar surface area (TPSA) is 80.1 Å². The van der Waals surface area contributed by atoms with E-state index in [0.29, 0.717) is 19.3 Å². The van der Waals surface area contributed by atoms with Gasteiger partial charge in [0.1, 0.15) is 17.7 Å². The van der Waals surface area contributed by atoms with E-state index in [1.165, 1.54) is 12.1 Å². The summed E-state index contributed by atoms with van der Waals surface area (Å²) >= 11 is 0. The maximum atomic E-state index is 13.6. The Balaban J connectivity index is 1.75. The van der Waals surface area contributed by atoms with Crippen LogP contribution in [-0.4, -0.2) is 38.0 Å². The van der Waals surface area contributed by atoms with Crippen LogP contribution in [0.2, 0.25) is 0 Å². The molecule has 30 heavy (non-hydrogen) atoms. The van der Waals surface area contributed by atoms with Gasteiger partial charge in [0.25, 0.3) is 0 Å². The number of esters is 1. The van der Waals surface area contributed by atoms with Gasteiger partial charge in [-0.1, -0.05) is 13.8 Å². The number of aromatic nitrogens is 3. The first-order valence-corrected chi connectivity index (χ1v) is 10.3. The molecule has 1 saturated heterocycles. The van der Waals surface area contributed by atoms with Crippen LogP contribution in [0.25, 0.3) is 17.1 Å². The number of nitrogens with one attached hydrogen (secondary N) is 1. The summed E-state index contributed by atoms with van der Waals surface area (Å²) in [6.07, 6.45) is 2.58. The minimum absolute atomic E-state index is 0.0549. The number of aliphatic hydroxyl groups excluding tert-OH is 1. The van der Waals surface area contributed by atoms with Gasteiger partial charge in [-0.05, 0) is 55.2 Å². The number of carbonyl (C=O) groups is 1. The molecule has 3 aromatic rings. The van der Waals surface area contributed by atoms with Crippen LogP contribution in [0.5, 0.6) is 0 Å². The Hall–Kier alpha value is -2.93. The summed E-state index contributed by atoms with van der Waals surface area (Å²) < 4.78 is 20.9. The molecule has 0 amide bonds. The first-order valence-electron chi connectivity index (χ1n) is 10.3. The number of carbonyl (C=O) groups excluding carboxylic acids is 1. The Bertz CT molecular complexity index is 1010. The molecule has 4 rings (SSSR count). The van der Waals surface area contributed by atoms with Crippen LogP contribution >= 0.6 is 0 Å². The predicted octanol–water partition coefficient (Wildman–Crippen LogP) is 4.13. The van der Waals surface area contributed by atoms with E-state index in [4.69, 9.17) is 9.84 Å². The zero-order valence-electron chi connectivity index (χ0n) is 17.1. The molecule has 3 heterocycles. The summed E-state index contributed by atoms with van der Waals surface area (Å²) in [5, 5.41) is 14.8. The van der Waals surface area contributed by atoms with E-state index >= 15 is 0 Å². The molecule has 0 aliphatic carbocycles. The molecule has 0 unspecified atom stereocenters. The van der Waals surface area contributed by atoms with Gasteiger partial charge < -0.3 is 14.8 Å². The van der Waals surface area contributed by atoms with Crippen molar-refractivity contribution in [2.24, 2.45) is 0 Å². The van der Waals surface area contributed by atoms with Crippen LogP contribution in [0.4, 0.5) is 4.39 Å². The van der Waals surface area contributed by atoms with Crippen LogP contribution in [0.15, 0.2) is 42.6 Å². The molecule has 0 saturated carbocycles. The largest absolute Gasteiger partial charge is 0.462 e. The smallest absolute Gasteiger partial charge is 0.308 e. The summed E-state index contributed by atoms with van der Waals surface area (Å²) in [5.41, 5.74) is 3.75. The highest BCUT2D eigenvalue weighted by Crippen LogP contribution is 2.34. The number of hydrogen-bond donors (Lipinski definition) is 2. The van der Waals surface area contributed by atoms with Gasteiger partial charge in [-0.15, -0.1) is 0 Å². The summed E-state index contributed by atoms with van der Waals surface area (Å²) in [4.78, 5) is 14.9. The number of nitrogens with zero attached hydrogens (tertiary/aromatic N) is 2. The molecule has 2 atom stereocenters. The average Bonchev–Trinajstić information content (AvgIpc) is 3.34. The highest BCUT2D eigenvalue weighted by Gasteiger charge is 2.29. The number of aliphatic hydroxyl groups is 1.